The van der Waals surface area contributed by atoms with Crippen molar-refractivity contribution in [2.45, 2.75) is 33.2 Å². The van der Waals surface area contributed by atoms with E-state index in [1.54, 1.807) is 32.4 Å². The van der Waals surface area contributed by atoms with Crippen molar-refractivity contribution >= 4 is 5.78 Å². The molecule has 1 saturated heterocycles. The average molecular weight is 383 g/mol. The zero-order valence-electron chi connectivity index (χ0n) is 17.1. The van der Waals surface area contributed by atoms with Gasteiger partial charge in [-0.3, -0.25) is 9.69 Å². The molecule has 0 aliphatic carbocycles. The summed E-state index contributed by atoms with van der Waals surface area (Å²) >= 11 is 0. The van der Waals surface area contributed by atoms with Crippen molar-refractivity contribution in [1.82, 2.24) is 4.90 Å². The van der Waals surface area contributed by atoms with Crippen LogP contribution in [0.3, 0.4) is 0 Å². The molecule has 3 rings (SSSR count). The number of ketones is 1. The van der Waals surface area contributed by atoms with Crippen LogP contribution in [0.2, 0.25) is 0 Å². The van der Waals surface area contributed by atoms with Crippen molar-refractivity contribution in [3.05, 3.63) is 52.6 Å². The number of nitrogens with zero attached hydrogens (tertiary/aromatic N) is 1. The van der Waals surface area contributed by atoms with Gasteiger partial charge in [0, 0.05) is 25.1 Å². The van der Waals surface area contributed by atoms with Crippen molar-refractivity contribution < 1.29 is 19.4 Å². The smallest absolute Gasteiger partial charge is 0.170 e. The molecule has 0 saturated carbocycles. The first-order valence-electron chi connectivity index (χ1n) is 9.70. The number of carbonyl (C=O) groups is 1. The van der Waals surface area contributed by atoms with E-state index in [1.807, 2.05) is 26.0 Å². The van der Waals surface area contributed by atoms with Crippen molar-refractivity contribution in [2.24, 2.45) is 5.92 Å². The van der Waals surface area contributed by atoms with Gasteiger partial charge in [-0.05, 0) is 62.1 Å². The van der Waals surface area contributed by atoms with Crippen LogP contribution in [-0.4, -0.2) is 43.1 Å². The lowest BCUT2D eigenvalue weighted by Gasteiger charge is -2.32. The average Bonchev–Trinajstić information content (AvgIpc) is 2.71. The molecule has 1 atom stereocenters. The summed E-state index contributed by atoms with van der Waals surface area (Å²) in [7, 11) is 3.18. The third kappa shape index (κ3) is 4.30. The number of methoxy groups -OCH3 is 2. The van der Waals surface area contributed by atoms with E-state index in [0.717, 1.165) is 43.6 Å². The molecule has 0 spiro atoms. The summed E-state index contributed by atoms with van der Waals surface area (Å²) < 4.78 is 10.7. The Kier molecular flexibility index (Phi) is 6.25. The number of hydrogen-bond acceptors (Lipinski definition) is 5. The first-order valence-corrected chi connectivity index (χ1v) is 9.70. The topological polar surface area (TPSA) is 59.0 Å². The van der Waals surface area contributed by atoms with Crippen LogP contribution in [0.5, 0.6) is 17.2 Å². The summed E-state index contributed by atoms with van der Waals surface area (Å²) in [4.78, 5) is 15.5. The van der Waals surface area contributed by atoms with E-state index in [-0.39, 0.29) is 11.7 Å². The lowest BCUT2D eigenvalue weighted by atomic mass is 9.89. The number of ether oxygens (including phenoxy) is 2. The predicted molar refractivity (Wildman–Crippen MR) is 109 cm³/mol. The molecule has 2 aromatic rings. The second-order valence-corrected chi connectivity index (χ2v) is 7.58. The molecule has 2 aromatic carbocycles. The second-order valence-electron chi connectivity index (χ2n) is 7.58. The molecule has 150 valence electrons. The number of hydrogen-bond donors (Lipinski definition) is 1. The monoisotopic (exact) mass is 383 g/mol. The Hall–Kier alpha value is -2.53. The number of piperidine rings is 1. The maximum Gasteiger partial charge on any atom is 0.170 e. The highest BCUT2D eigenvalue weighted by Gasteiger charge is 2.28. The zero-order valence-corrected chi connectivity index (χ0v) is 17.1. The molecule has 0 bridgehead atoms. The number of phenols is 1. The molecule has 1 heterocycles. The van der Waals surface area contributed by atoms with E-state index in [1.165, 1.54) is 5.56 Å². The molecular formula is C23H29NO4. The van der Waals surface area contributed by atoms with Gasteiger partial charge < -0.3 is 14.6 Å². The number of likely N-dealkylation sites (tertiary alicyclic amines) is 1. The standard InChI is InChI=1S/C23H29NO4/c1-15-10-17(11-16(2)22(15)25)13-24-9-5-6-18(14-24)23(26)20-8-7-19(27-3)12-21(20)28-4/h7-8,10-12,18,25H,5-6,9,13-14H2,1-4H3/t18-/m1/s1. The second kappa shape index (κ2) is 8.65. The quantitative estimate of drug-likeness (QED) is 0.761. The Morgan fingerprint density at radius 1 is 1.14 bits per heavy atom. The van der Waals surface area contributed by atoms with E-state index in [4.69, 9.17) is 9.47 Å². The van der Waals surface area contributed by atoms with Crippen LogP contribution in [0.25, 0.3) is 0 Å². The fourth-order valence-electron chi connectivity index (χ4n) is 4.03. The Morgan fingerprint density at radius 3 is 2.50 bits per heavy atom. The summed E-state index contributed by atoms with van der Waals surface area (Å²) in [5, 5.41) is 9.99. The lowest BCUT2D eigenvalue weighted by molar-refractivity contribution is 0.0808. The van der Waals surface area contributed by atoms with E-state index in [2.05, 4.69) is 4.90 Å². The number of aromatic hydroxyl groups is 1. The third-order valence-corrected chi connectivity index (χ3v) is 5.51. The van der Waals surface area contributed by atoms with Crippen LogP contribution in [0.15, 0.2) is 30.3 Å². The first kappa shape index (κ1) is 20.2. The number of rotatable bonds is 6. The molecular weight excluding hydrogens is 354 g/mol. The number of phenolic OH excluding ortho intramolecular Hbond substituents is 1. The summed E-state index contributed by atoms with van der Waals surface area (Å²) in [5.74, 6) is 1.68. The van der Waals surface area contributed by atoms with Crippen LogP contribution in [0.1, 0.15) is 39.9 Å². The molecule has 5 nitrogen and oxygen atoms in total. The van der Waals surface area contributed by atoms with Gasteiger partial charge in [0.2, 0.25) is 0 Å². The highest BCUT2D eigenvalue weighted by Crippen LogP contribution is 2.30. The van der Waals surface area contributed by atoms with Crippen molar-refractivity contribution in [2.75, 3.05) is 27.3 Å². The van der Waals surface area contributed by atoms with Crippen LogP contribution in [0.4, 0.5) is 0 Å². The Labute approximate surface area is 166 Å². The van der Waals surface area contributed by atoms with E-state index < -0.39 is 0 Å². The minimum atomic E-state index is -0.0460. The largest absolute Gasteiger partial charge is 0.507 e. The van der Waals surface area contributed by atoms with E-state index in [0.29, 0.717) is 22.8 Å². The Balaban J connectivity index is 1.73. The van der Waals surface area contributed by atoms with Gasteiger partial charge in [-0.1, -0.05) is 12.1 Å². The molecule has 1 N–H and O–H groups in total. The van der Waals surface area contributed by atoms with Gasteiger partial charge in [0.05, 0.1) is 19.8 Å². The van der Waals surface area contributed by atoms with E-state index in [9.17, 15) is 9.90 Å². The fourth-order valence-corrected chi connectivity index (χ4v) is 4.03. The van der Waals surface area contributed by atoms with Gasteiger partial charge in [-0.15, -0.1) is 0 Å². The van der Waals surface area contributed by atoms with Gasteiger partial charge >= 0.3 is 0 Å². The zero-order chi connectivity index (χ0) is 20.3. The summed E-state index contributed by atoms with van der Waals surface area (Å²) in [6.07, 6.45) is 1.88. The molecule has 0 unspecified atom stereocenters. The molecule has 1 aliphatic heterocycles. The Morgan fingerprint density at radius 2 is 1.86 bits per heavy atom. The fraction of sp³-hybridized carbons (Fsp3) is 0.435. The van der Waals surface area contributed by atoms with E-state index >= 15 is 0 Å². The molecule has 0 radical (unpaired) electrons. The summed E-state index contributed by atoms with van der Waals surface area (Å²) in [5.41, 5.74) is 3.57. The molecule has 1 aliphatic rings. The number of carbonyl (C=O) groups excluding carboxylic acids is 1. The highest BCUT2D eigenvalue weighted by molar-refractivity contribution is 6.00. The van der Waals surface area contributed by atoms with Gasteiger partial charge in [0.25, 0.3) is 0 Å². The molecule has 1 fully saturated rings. The normalized spacial score (nSPS) is 17.4. The third-order valence-electron chi connectivity index (χ3n) is 5.51. The van der Waals surface area contributed by atoms with Gasteiger partial charge in [0.1, 0.15) is 17.2 Å². The number of benzene rings is 2. The van der Waals surface area contributed by atoms with Crippen LogP contribution >= 0.6 is 0 Å². The minimum Gasteiger partial charge on any atom is -0.507 e. The van der Waals surface area contributed by atoms with Crippen LogP contribution in [-0.2, 0) is 6.54 Å². The Bertz CT molecular complexity index is 839. The van der Waals surface area contributed by atoms with Crippen LogP contribution in [0, 0.1) is 19.8 Å². The first-order chi connectivity index (χ1) is 13.4. The molecule has 0 aromatic heterocycles. The molecule has 0 amide bonds. The van der Waals surface area contributed by atoms with Crippen molar-refractivity contribution in [3.8, 4) is 17.2 Å². The minimum absolute atomic E-state index is 0.0460. The van der Waals surface area contributed by atoms with Crippen molar-refractivity contribution in [1.29, 1.82) is 0 Å². The lowest BCUT2D eigenvalue weighted by Crippen LogP contribution is -2.38. The van der Waals surface area contributed by atoms with Gasteiger partial charge in [-0.2, -0.15) is 0 Å². The summed E-state index contributed by atoms with van der Waals surface area (Å²) in [6.45, 7) is 6.33. The van der Waals surface area contributed by atoms with Crippen LogP contribution < -0.4 is 9.47 Å². The van der Waals surface area contributed by atoms with Gasteiger partial charge in [-0.25, -0.2) is 0 Å². The predicted octanol–water partition coefficient (Wildman–Crippen LogP) is 4.12. The molecule has 5 heteroatoms. The molecule has 28 heavy (non-hydrogen) atoms. The highest BCUT2D eigenvalue weighted by atomic mass is 16.5. The maximum atomic E-state index is 13.1. The van der Waals surface area contributed by atoms with Crippen molar-refractivity contribution in [3.63, 3.8) is 0 Å². The number of aryl methyl sites for hydroxylation is 2. The number of Topliss-reactive ketones (excluding diaryl/α,β-unsaturated/α-hetero) is 1. The van der Waals surface area contributed by atoms with Gasteiger partial charge in [0.15, 0.2) is 5.78 Å². The summed E-state index contributed by atoms with van der Waals surface area (Å²) in [6, 6.07) is 9.42. The maximum absolute atomic E-state index is 13.1. The SMILES string of the molecule is COc1ccc(C(=O)[C@@H]2CCCN(Cc3cc(C)c(O)c(C)c3)C2)c(OC)c1.